The van der Waals surface area contributed by atoms with Gasteiger partial charge in [0.25, 0.3) is 5.91 Å². The molecule has 2 aromatic rings. The molecule has 178 valence electrons. The number of nitrogens with one attached hydrogen (secondary N) is 1. The minimum Gasteiger partial charge on any atom is -0.494 e. The topological polar surface area (TPSA) is 56.1 Å². The lowest BCUT2D eigenvalue weighted by Crippen LogP contribution is -2.52. The number of amides is 1. The van der Waals surface area contributed by atoms with Gasteiger partial charge in [0.05, 0.1) is 23.4 Å². The predicted octanol–water partition coefficient (Wildman–Crippen LogP) is 5.58. The highest BCUT2D eigenvalue weighted by Gasteiger charge is 2.45. The van der Waals surface area contributed by atoms with E-state index in [2.05, 4.69) is 5.32 Å². The van der Waals surface area contributed by atoms with Crippen LogP contribution in [0.15, 0.2) is 18.2 Å². The second-order valence-corrected chi connectivity index (χ2v) is 9.88. The number of nitrogens with zero attached hydrogens (tertiary/aromatic N) is 2. The molecule has 1 aliphatic heterocycles. The summed E-state index contributed by atoms with van der Waals surface area (Å²) in [6.45, 7) is 0.739. The fourth-order valence-electron chi connectivity index (χ4n) is 5.13. The van der Waals surface area contributed by atoms with Crippen molar-refractivity contribution >= 4 is 17.5 Å². The first kappa shape index (κ1) is 22.6. The normalized spacial score (nSPS) is 22.1. The van der Waals surface area contributed by atoms with E-state index in [1.807, 2.05) is 12.1 Å². The monoisotopic (exact) mass is 481 g/mol. The van der Waals surface area contributed by atoms with Crippen molar-refractivity contribution in [2.75, 3.05) is 6.61 Å². The third kappa shape index (κ3) is 4.72. The number of fused-ring (bicyclic) bond motifs is 3. The molecule has 1 N–H and O–H groups in total. The van der Waals surface area contributed by atoms with E-state index in [1.165, 1.54) is 12.8 Å². The first-order valence-corrected chi connectivity index (χ1v) is 12.0. The van der Waals surface area contributed by atoms with E-state index < -0.39 is 18.1 Å². The minimum atomic E-state index is -4.17. The summed E-state index contributed by atoms with van der Waals surface area (Å²) in [5.41, 5.74) is 2.75. The SMILES string of the molecule is O=C1N[C@@]2(CCCc3cc(OCCCC(F)(F)F)ccc32)Cc2nn(CCC3CC3)c(Cl)c21. The van der Waals surface area contributed by atoms with E-state index in [1.54, 1.807) is 10.7 Å². The molecule has 2 heterocycles. The third-order valence-electron chi connectivity index (χ3n) is 6.97. The number of rotatable bonds is 7. The number of alkyl halides is 3. The van der Waals surface area contributed by atoms with Crippen molar-refractivity contribution < 1.29 is 22.7 Å². The lowest BCUT2D eigenvalue weighted by molar-refractivity contribution is -0.136. The second-order valence-electron chi connectivity index (χ2n) is 9.52. The fourth-order valence-corrected chi connectivity index (χ4v) is 5.45. The molecule has 0 saturated heterocycles. The molecular formula is C24H27ClF3N3O2. The molecule has 1 saturated carbocycles. The second kappa shape index (κ2) is 8.53. The molecule has 1 aromatic heterocycles. The minimum absolute atomic E-state index is 0.0142. The maximum Gasteiger partial charge on any atom is 0.389 e. The lowest BCUT2D eigenvalue weighted by atomic mass is 9.72. The van der Waals surface area contributed by atoms with Gasteiger partial charge in [-0.2, -0.15) is 18.3 Å². The van der Waals surface area contributed by atoms with E-state index >= 15 is 0 Å². The van der Waals surface area contributed by atoms with Crippen LogP contribution in [0.25, 0.3) is 0 Å². The van der Waals surface area contributed by atoms with Gasteiger partial charge in [-0.1, -0.05) is 30.5 Å². The van der Waals surface area contributed by atoms with Gasteiger partial charge in [-0.15, -0.1) is 0 Å². The molecule has 1 atom stereocenters. The average molecular weight is 482 g/mol. The molecule has 3 aliphatic rings. The zero-order valence-electron chi connectivity index (χ0n) is 18.3. The summed E-state index contributed by atoms with van der Waals surface area (Å²) in [5.74, 6) is 1.11. The van der Waals surface area contributed by atoms with Crippen LogP contribution >= 0.6 is 11.6 Å². The van der Waals surface area contributed by atoms with Crippen molar-refractivity contribution in [1.82, 2.24) is 15.1 Å². The van der Waals surface area contributed by atoms with Crippen molar-refractivity contribution in [1.29, 1.82) is 0 Å². The van der Waals surface area contributed by atoms with Crippen molar-refractivity contribution in [3.05, 3.63) is 45.7 Å². The standard InChI is InChI=1S/C24H27ClF3N3O2/c25-21-20-19(30-31(21)11-8-15-4-5-15)14-23(29-22(20)32)9-1-3-16-13-17(6-7-18(16)23)33-12-2-10-24(26,27)28/h6-7,13,15H,1-5,8-12,14H2,(H,29,32)/t23-/m0/s1. The van der Waals surface area contributed by atoms with Crippen molar-refractivity contribution in [2.45, 2.75) is 76.0 Å². The number of carbonyl (C=O) groups is 1. The molecule has 2 aliphatic carbocycles. The Balaban J connectivity index is 1.34. The summed E-state index contributed by atoms with van der Waals surface area (Å²) >= 11 is 6.53. The molecule has 5 rings (SSSR count). The summed E-state index contributed by atoms with van der Waals surface area (Å²) in [5, 5.41) is 8.35. The molecule has 1 spiro atoms. The van der Waals surface area contributed by atoms with E-state index in [-0.39, 0.29) is 18.9 Å². The van der Waals surface area contributed by atoms with Gasteiger partial charge in [-0.25, -0.2) is 0 Å². The highest BCUT2D eigenvalue weighted by Crippen LogP contribution is 2.43. The van der Waals surface area contributed by atoms with Gasteiger partial charge < -0.3 is 10.1 Å². The quantitative estimate of drug-likeness (QED) is 0.525. The van der Waals surface area contributed by atoms with Gasteiger partial charge in [0.2, 0.25) is 0 Å². The van der Waals surface area contributed by atoms with E-state index in [9.17, 15) is 18.0 Å². The Hall–Kier alpha value is -2.22. The van der Waals surface area contributed by atoms with Gasteiger partial charge in [-0.05, 0) is 61.3 Å². The Bertz CT molecular complexity index is 1060. The molecule has 0 radical (unpaired) electrons. The highest BCUT2D eigenvalue weighted by molar-refractivity contribution is 6.33. The van der Waals surface area contributed by atoms with Crippen LogP contribution in [0.3, 0.4) is 0 Å². The van der Waals surface area contributed by atoms with Gasteiger partial charge in [0.1, 0.15) is 10.9 Å². The molecule has 1 fully saturated rings. The lowest BCUT2D eigenvalue weighted by Gasteiger charge is -2.42. The summed E-state index contributed by atoms with van der Waals surface area (Å²) in [6.07, 6.45) is 1.52. The summed E-state index contributed by atoms with van der Waals surface area (Å²) in [7, 11) is 0. The summed E-state index contributed by atoms with van der Waals surface area (Å²) < 4.78 is 44.4. The number of aryl methyl sites for hydroxylation is 2. The Morgan fingerprint density at radius 2 is 2.12 bits per heavy atom. The van der Waals surface area contributed by atoms with Gasteiger partial charge in [0, 0.05) is 19.4 Å². The van der Waals surface area contributed by atoms with Crippen LogP contribution < -0.4 is 10.1 Å². The van der Waals surface area contributed by atoms with E-state index in [0.29, 0.717) is 22.9 Å². The van der Waals surface area contributed by atoms with E-state index in [4.69, 9.17) is 21.4 Å². The molecule has 33 heavy (non-hydrogen) atoms. The van der Waals surface area contributed by atoms with Crippen molar-refractivity contribution in [3.8, 4) is 5.75 Å². The van der Waals surface area contributed by atoms with Gasteiger partial charge in [0.15, 0.2) is 0 Å². The van der Waals surface area contributed by atoms with Crippen LogP contribution in [0.5, 0.6) is 5.75 Å². The Labute approximate surface area is 195 Å². The number of ether oxygens (including phenoxy) is 1. The molecule has 0 unspecified atom stereocenters. The average Bonchev–Trinajstić information content (AvgIpc) is 3.52. The van der Waals surface area contributed by atoms with E-state index in [0.717, 1.165) is 55.0 Å². The van der Waals surface area contributed by atoms with Crippen LogP contribution in [0, 0.1) is 5.92 Å². The zero-order chi connectivity index (χ0) is 23.2. The molecule has 0 bridgehead atoms. The molecule has 9 heteroatoms. The largest absolute Gasteiger partial charge is 0.494 e. The fraction of sp³-hybridized carbons (Fsp3) is 0.583. The first-order chi connectivity index (χ1) is 15.7. The molecule has 1 aromatic carbocycles. The Morgan fingerprint density at radius 1 is 1.30 bits per heavy atom. The number of hydrogen-bond donors (Lipinski definition) is 1. The first-order valence-electron chi connectivity index (χ1n) is 11.6. The Kier molecular flexibility index (Phi) is 5.83. The van der Waals surface area contributed by atoms with Crippen LogP contribution in [0.1, 0.15) is 72.1 Å². The number of halogens is 4. The van der Waals surface area contributed by atoms with Gasteiger partial charge >= 0.3 is 6.18 Å². The number of aromatic nitrogens is 2. The van der Waals surface area contributed by atoms with Crippen LogP contribution in [0.2, 0.25) is 5.15 Å². The summed E-state index contributed by atoms with van der Waals surface area (Å²) in [4.78, 5) is 13.1. The predicted molar refractivity (Wildman–Crippen MR) is 118 cm³/mol. The van der Waals surface area contributed by atoms with Crippen LogP contribution in [-0.4, -0.2) is 28.5 Å². The smallest absolute Gasteiger partial charge is 0.389 e. The van der Waals surface area contributed by atoms with Crippen LogP contribution in [0.4, 0.5) is 13.2 Å². The number of benzene rings is 1. The zero-order valence-corrected chi connectivity index (χ0v) is 19.1. The molecule has 5 nitrogen and oxygen atoms in total. The number of hydrogen-bond acceptors (Lipinski definition) is 3. The maximum absolute atomic E-state index is 13.1. The maximum atomic E-state index is 13.1. The summed E-state index contributed by atoms with van der Waals surface area (Å²) in [6, 6.07) is 5.61. The highest BCUT2D eigenvalue weighted by atomic mass is 35.5. The Morgan fingerprint density at radius 3 is 2.88 bits per heavy atom. The molecular weight excluding hydrogens is 455 g/mol. The number of carbonyl (C=O) groups excluding carboxylic acids is 1. The third-order valence-corrected chi connectivity index (χ3v) is 7.36. The van der Waals surface area contributed by atoms with Crippen molar-refractivity contribution in [2.24, 2.45) is 5.92 Å². The van der Waals surface area contributed by atoms with Crippen LogP contribution in [-0.2, 0) is 24.9 Å². The van der Waals surface area contributed by atoms with Gasteiger partial charge in [-0.3, -0.25) is 9.48 Å². The molecule has 1 amide bonds. The van der Waals surface area contributed by atoms with Crippen molar-refractivity contribution in [3.63, 3.8) is 0 Å².